The Hall–Kier alpha value is -3.48. The second kappa shape index (κ2) is 7.64. The number of carbonyl (C=O) groups is 2. The molecule has 0 radical (unpaired) electrons. The standard InChI is InChI=1S/C21H21N5O2/c1-15-11-19-25(20(27)8-10-26(19)24-15)14-16-4-6-18(7-5-16)21(28)23-13-17-3-2-9-22-12-17/h2-7,9,11-12H,8,10,13-14H2,1H3,(H,23,28). The van der Waals surface area contributed by atoms with Crippen LogP contribution in [0, 0.1) is 6.92 Å². The van der Waals surface area contributed by atoms with E-state index in [0.29, 0.717) is 31.6 Å². The van der Waals surface area contributed by atoms with Crippen molar-refractivity contribution >= 4 is 17.6 Å². The van der Waals surface area contributed by atoms with E-state index < -0.39 is 0 Å². The lowest BCUT2D eigenvalue weighted by atomic mass is 10.1. The van der Waals surface area contributed by atoms with Crippen molar-refractivity contribution < 1.29 is 9.59 Å². The summed E-state index contributed by atoms with van der Waals surface area (Å²) in [6.45, 7) is 3.43. The van der Waals surface area contributed by atoms with E-state index in [2.05, 4.69) is 15.4 Å². The number of amides is 2. The molecule has 0 bridgehead atoms. The highest BCUT2D eigenvalue weighted by Gasteiger charge is 2.25. The zero-order valence-corrected chi connectivity index (χ0v) is 15.6. The Balaban J connectivity index is 1.42. The van der Waals surface area contributed by atoms with Gasteiger partial charge in [-0.3, -0.25) is 19.5 Å². The van der Waals surface area contributed by atoms with Gasteiger partial charge in [0.2, 0.25) is 5.91 Å². The number of nitrogens with zero attached hydrogens (tertiary/aromatic N) is 4. The number of rotatable bonds is 5. The van der Waals surface area contributed by atoms with Crippen LogP contribution in [0.3, 0.4) is 0 Å². The van der Waals surface area contributed by atoms with E-state index in [9.17, 15) is 9.59 Å². The predicted octanol–water partition coefficient (Wildman–Crippen LogP) is 2.45. The third-order valence-electron chi connectivity index (χ3n) is 4.73. The van der Waals surface area contributed by atoms with Gasteiger partial charge in [-0.1, -0.05) is 18.2 Å². The van der Waals surface area contributed by atoms with E-state index in [1.54, 1.807) is 29.4 Å². The molecule has 142 valence electrons. The Morgan fingerprint density at radius 2 is 2.00 bits per heavy atom. The van der Waals surface area contributed by atoms with E-state index in [1.807, 2.05) is 41.9 Å². The van der Waals surface area contributed by atoms with Crippen LogP contribution in [0.5, 0.6) is 0 Å². The van der Waals surface area contributed by atoms with Crippen molar-refractivity contribution in [3.05, 3.63) is 77.2 Å². The first-order valence-corrected chi connectivity index (χ1v) is 9.21. The SMILES string of the molecule is Cc1cc2n(n1)CCC(=O)N2Cc1ccc(C(=O)NCc2cccnc2)cc1. The van der Waals surface area contributed by atoms with Gasteiger partial charge in [0.05, 0.1) is 18.8 Å². The molecule has 0 saturated carbocycles. The first-order chi connectivity index (χ1) is 13.6. The molecular formula is C21H21N5O2. The van der Waals surface area contributed by atoms with Gasteiger partial charge in [0.1, 0.15) is 5.82 Å². The van der Waals surface area contributed by atoms with Crippen LogP contribution in [0.4, 0.5) is 5.82 Å². The smallest absolute Gasteiger partial charge is 0.251 e. The van der Waals surface area contributed by atoms with Gasteiger partial charge in [0.15, 0.2) is 0 Å². The molecule has 0 spiro atoms. The molecular weight excluding hydrogens is 354 g/mol. The number of nitrogens with one attached hydrogen (secondary N) is 1. The molecule has 4 rings (SSSR count). The minimum Gasteiger partial charge on any atom is -0.348 e. The molecule has 0 fully saturated rings. The lowest BCUT2D eigenvalue weighted by Gasteiger charge is -2.27. The number of carbonyl (C=O) groups excluding carboxylic acids is 2. The quantitative estimate of drug-likeness (QED) is 0.743. The zero-order chi connectivity index (χ0) is 19.5. The Labute approximate surface area is 163 Å². The number of pyridine rings is 1. The molecule has 28 heavy (non-hydrogen) atoms. The first-order valence-electron chi connectivity index (χ1n) is 9.21. The van der Waals surface area contributed by atoms with Crippen molar-refractivity contribution in [2.75, 3.05) is 4.90 Å². The van der Waals surface area contributed by atoms with Gasteiger partial charge in [-0.05, 0) is 36.2 Å². The van der Waals surface area contributed by atoms with Gasteiger partial charge in [-0.2, -0.15) is 5.10 Å². The molecule has 0 aliphatic carbocycles. The maximum absolute atomic E-state index is 12.4. The summed E-state index contributed by atoms with van der Waals surface area (Å²) in [5.74, 6) is 0.774. The number of aryl methyl sites for hydroxylation is 2. The van der Waals surface area contributed by atoms with E-state index in [1.165, 1.54) is 0 Å². The summed E-state index contributed by atoms with van der Waals surface area (Å²) in [7, 11) is 0. The predicted molar refractivity (Wildman–Crippen MR) is 105 cm³/mol. The Bertz CT molecular complexity index is 995. The van der Waals surface area contributed by atoms with Crippen LogP contribution in [0.15, 0.2) is 54.9 Å². The molecule has 2 amide bonds. The molecule has 1 aliphatic rings. The van der Waals surface area contributed by atoms with Crippen molar-refractivity contribution in [3.63, 3.8) is 0 Å². The fourth-order valence-electron chi connectivity index (χ4n) is 3.28. The molecule has 0 unspecified atom stereocenters. The number of aromatic nitrogens is 3. The zero-order valence-electron chi connectivity index (χ0n) is 15.6. The van der Waals surface area contributed by atoms with Crippen molar-refractivity contribution in [1.82, 2.24) is 20.1 Å². The van der Waals surface area contributed by atoms with Gasteiger partial charge in [-0.25, -0.2) is 4.68 Å². The highest BCUT2D eigenvalue weighted by atomic mass is 16.2. The fraction of sp³-hybridized carbons (Fsp3) is 0.238. The van der Waals surface area contributed by atoms with Crippen LogP contribution >= 0.6 is 0 Å². The summed E-state index contributed by atoms with van der Waals surface area (Å²) in [6.07, 6.45) is 3.87. The highest BCUT2D eigenvalue weighted by Crippen LogP contribution is 2.24. The fourth-order valence-corrected chi connectivity index (χ4v) is 3.28. The Kier molecular flexibility index (Phi) is 4.89. The minimum absolute atomic E-state index is 0.0886. The topological polar surface area (TPSA) is 80.1 Å². The third-order valence-corrected chi connectivity index (χ3v) is 4.73. The van der Waals surface area contributed by atoms with Gasteiger partial charge >= 0.3 is 0 Å². The van der Waals surface area contributed by atoms with Crippen LogP contribution in [-0.4, -0.2) is 26.6 Å². The van der Waals surface area contributed by atoms with Crippen molar-refractivity contribution in [2.45, 2.75) is 33.0 Å². The number of anilines is 1. The average Bonchev–Trinajstić information content (AvgIpc) is 3.10. The normalized spacial score (nSPS) is 13.3. The van der Waals surface area contributed by atoms with E-state index in [0.717, 1.165) is 22.6 Å². The monoisotopic (exact) mass is 375 g/mol. The Morgan fingerprint density at radius 3 is 2.75 bits per heavy atom. The highest BCUT2D eigenvalue weighted by molar-refractivity contribution is 5.95. The Morgan fingerprint density at radius 1 is 1.18 bits per heavy atom. The molecule has 1 aliphatic heterocycles. The average molecular weight is 375 g/mol. The first kappa shape index (κ1) is 17.9. The van der Waals surface area contributed by atoms with Crippen molar-refractivity contribution in [2.24, 2.45) is 0 Å². The third kappa shape index (κ3) is 3.78. The van der Waals surface area contributed by atoms with Crippen LogP contribution in [0.2, 0.25) is 0 Å². The van der Waals surface area contributed by atoms with Crippen LogP contribution < -0.4 is 10.2 Å². The van der Waals surface area contributed by atoms with Crippen LogP contribution in [-0.2, 0) is 24.4 Å². The number of hydrogen-bond acceptors (Lipinski definition) is 4. The molecule has 7 heteroatoms. The molecule has 1 N–H and O–H groups in total. The molecule has 1 aromatic carbocycles. The maximum atomic E-state index is 12.4. The van der Waals surface area contributed by atoms with E-state index >= 15 is 0 Å². The van der Waals surface area contributed by atoms with Gasteiger partial charge in [0.25, 0.3) is 5.91 Å². The number of hydrogen-bond donors (Lipinski definition) is 1. The maximum Gasteiger partial charge on any atom is 0.251 e. The summed E-state index contributed by atoms with van der Waals surface area (Å²) in [6, 6.07) is 13.0. The van der Waals surface area contributed by atoms with Gasteiger partial charge < -0.3 is 5.32 Å². The summed E-state index contributed by atoms with van der Waals surface area (Å²) in [5, 5.41) is 7.31. The van der Waals surface area contributed by atoms with Crippen molar-refractivity contribution in [3.8, 4) is 0 Å². The summed E-state index contributed by atoms with van der Waals surface area (Å²) >= 11 is 0. The van der Waals surface area contributed by atoms with Gasteiger partial charge in [-0.15, -0.1) is 0 Å². The molecule has 0 atom stereocenters. The molecule has 7 nitrogen and oxygen atoms in total. The second-order valence-corrected chi connectivity index (χ2v) is 6.84. The number of fused-ring (bicyclic) bond motifs is 1. The van der Waals surface area contributed by atoms with E-state index in [-0.39, 0.29) is 11.8 Å². The summed E-state index contributed by atoms with van der Waals surface area (Å²) in [4.78, 5) is 30.5. The lowest BCUT2D eigenvalue weighted by molar-refractivity contribution is -0.119. The summed E-state index contributed by atoms with van der Waals surface area (Å²) < 4.78 is 1.87. The summed E-state index contributed by atoms with van der Waals surface area (Å²) in [5.41, 5.74) is 3.39. The van der Waals surface area contributed by atoms with Crippen LogP contribution in [0.25, 0.3) is 0 Å². The molecule has 2 aromatic heterocycles. The van der Waals surface area contributed by atoms with E-state index in [4.69, 9.17) is 0 Å². The van der Waals surface area contributed by atoms with Crippen LogP contribution in [0.1, 0.15) is 33.6 Å². The molecule has 3 aromatic rings. The lowest BCUT2D eigenvalue weighted by Crippen LogP contribution is -2.36. The largest absolute Gasteiger partial charge is 0.348 e. The van der Waals surface area contributed by atoms with Crippen molar-refractivity contribution in [1.29, 1.82) is 0 Å². The van der Waals surface area contributed by atoms with Gasteiger partial charge in [0, 0.05) is 37.0 Å². The molecule has 0 saturated heterocycles. The number of benzene rings is 1. The second-order valence-electron chi connectivity index (χ2n) is 6.84. The minimum atomic E-state index is -0.141. The molecule has 3 heterocycles.